The maximum Gasteiger partial charge on any atom is 0.243 e. The van der Waals surface area contributed by atoms with E-state index in [4.69, 9.17) is 5.73 Å². The Morgan fingerprint density at radius 2 is 1.75 bits per heavy atom. The van der Waals surface area contributed by atoms with Gasteiger partial charge in [0.05, 0.1) is 19.1 Å². The van der Waals surface area contributed by atoms with Gasteiger partial charge in [-0.3, -0.25) is 14.4 Å². The lowest BCUT2D eigenvalue weighted by atomic mass is 10.1. The number of anilines is 1. The number of carbonyl (C=O) groups excluding carboxylic acids is 3. The first-order chi connectivity index (χ1) is 10.8. The molecular weight excluding hydrogens is 339 g/mol. The highest BCUT2D eigenvalue weighted by molar-refractivity contribution is 5.95. The maximum absolute atomic E-state index is 13.0. The van der Waals surface area contributed by atoms with Crippen molar-refractivity contribution in [1.82, 2.24) is 10.6 Å². The number of nitrogens with two attached hydrogens (primary N) is 1. The minimum absolute atomic E-state index is 0. The van der Waals surface area contributed by atoms with Gasteiger partial charge in [-0.05, 0) is 24.1 Å². The highest BCUT2D eigenvalue weighted by atomic mass is 35.5. The molecule has 0 saturated carbocycles. The van der Waals surface area contributed by atoms with Crippen LogP contribution in [0.3, 0.4) is 0 Å². The van der Waals surface area contributed by atoms with Crippen LogP contribution in [0.25, 0.3) is 0 Å². The van der Waals surface area contributed by atoms with Crippen LogP contribution < -0.4 is 21.7 Å². The molecule has 0 aliphatic rings. The summed E-state index contributed by atoms with van der Waals surface area (Å²) in [5.74, 6) is -1.98. The molecule has 9 heteroatoms. The number of benzene rings is 1. The molecule has 5 N–H and O–H groups in total. The van der Waals surface area contributed by atoms with Crippen molar-refractivity contribution in [2.75, 3.05) is 18.4 Å². The standard InChI is InChI=1S/C15H21FN4O3.ClH/c1-9(2)14(17)15(23)19-7-12(21)18-8-13(22)20-11-5-3-4-10(16)6-11;/h3-6,9,14H,7-8,17H2,1-2H3,(H,18,21)(H,19,23)(H,20,22);1H/t14-;/m0./s1. The third kappa shape index (κ3) is 7.89. The highest BCUT2D eigenvalue weighted by Gasteiger charge is 2.17. The number of rotatable bonds is 7. The first-order valence-corrected chi connectivity index (χ1v) is 7.15. The minimum atomic E-state index is -0.695. The van der Waals surface area contributed by atoms with Crippen molar-refractivity contribution >= 4 is 35.8 Å². The quantitative estimate of drug-likeness (QED) is 0.563. The van der Waals surface area contributed by atoms with Gasteiger partial charge in [0, 0.05) is 5.69 Å². The zero-order valence-electron chi connectivity index (χ0n) is 13.5. The third-order valence-corrected chi connectivity index (χ3v) is 3.00. The van der Waals surface area contributed by atoms with E-state index in [9.17, 15) is 18.8 Å². The van der Waals surface area contributed by atoms with Gasteiger partial charge in [-0.2, -0.15) is 0 Å². The molecule has 0 bridgehead atoms. The minimum Gasteiger partial charge on any atom is -0.346 e. The molecular formula is C15H22ClFN4O3. The van der Waals surface area contributed by atoms with E-state index in [0.29, 0.717) is 5.69 Å². The molecule has 1 atom stereocenters. The molecule has 134 valence electrons. The summed E-state index contributed by atoms with van der Waals surface area (Å²) >= 11 is 0. The average Bonchev–Trinajstić information content (AvgIpc) is 2.49. The summed E-state index contributed by atoms with van der Waals surface area (Å²) in [6.45, 7) is 3.02. The third-order valence-electron chi connectivity index (χ3n) is 3.00. The summed E-state index contributed by atoms with van der Waals surface area (Å²) in [6, 6.07) is 4.70. The Kier molecular flexibility index (Phi) is 9.60. The SMILES string of the molecule is CC(C)[C@H](N)C(=O)NCC(=O)NCC(=O)Nc1cccc(F)c1.Cl. The highest BCUT2D eigenvalue weighted by Crippen LogP contribution is 2.08. The lowest BCUT2D eigenvalue weighted by Gasteiger charge is -2.15. The van der Waals surface area contributed by atoms with Gasteiger partial charge in [0.25, 0.3) is 0 Å². The molecule has 0 saturated heterocycles. The number of nitrogens with one attached hydrogen (secondary N) is 3. The van der Waals surface area contributed by atoms with E-state index in [1.807, 2.05) is 0 Å². The van der Waals surface area contributed by atoms with Crippen molar-refractivity contribution in [3.05, 3.63) is 30.1 Å². The van der Waals surface area contributed by atoms with Crippen molar-refractivity contribution in [3.63, 3.8) is 0 Å². The van der Waals surface area contributed by atoms with Crippen molar-refractivity contribution in [3.8, 4) is 0 Å². The first kappa shape index (κ1) is 21.8. The predicted octanol–water partition coefficient (Wildman–Crippen LogP) is 0.402. The Bertz CT molecular complexity index is 584. The van der Waals surface area contributed by atoms with Crippen molar-refractivity contribution in [2.24, 2.45) is 11.7 Å². The van der Waals surface area contributed by atoms with Crippen molar-refractivity contribution < 1.29 is 18.8 Å². The van der Waals surface area contributed by atoms with Crippen LogP contribution in [0.2, 0.25) is 0 Å². The molecule has 3 amide bonds. The first-order valence-electron chi connectivity index (χ1n) is 7.15. The van der Waals surface area contributed by atoms with Crippen LogP contribution in [-0.4, -0.2) is 36.9 Å². The van der Waals surface area contributed by atoms with E-state index >= 15 is 0 Å². The van der Waals surface area contributed by atoms with Crippen LogP contribution >= 0.6 is 12.4 Å². The fourth-order valence-corrected chi connectivity index (χ4v) is 1.60. The number of carbonyl (C=O) groups is 3. The topological polar surface area (TPSA) is 113 Å². The summed E-state index contributed by atoms with van der Waals surface area (Å²) < 4.78 is 13.0. The van der Waals surface area contributed by atoms with Crippen molar-refractivity contribution in [1.29, 1.82) is 0 Å². The Hall–Kier alpha value is -2.19. The molecule has 7 nitrogen and oxygen atoms in total. The normalized spacial score (nSPS) is 11.2. The van der Waals surface area contributed by atoms with Gasteiger partial charge < -0.3 is 21.7 Å². The predicted molar refractivity (Wildman–Crippen MR) is 91.1 cm³/mol. The van der Waals surface area contributed by atoms with E-state index in [2.05, 4.69) is 16.0 Å². The Morgan fingerprint density at radius 3 is 2.33 bits per heavy atom. The monoisotopic (exact) mass is 360 g/mol. The number of halogens is 2. The number of hydrogen-bond donors (Lipinski definition) is 4. The van der Waals surface area contributed by atoms with Gasteiger partial charge in [-0.25, -0.2) is 4.39 Å². The second-order valence-corrected chi connectivity index (χ2v) is 5.32. The van der Waals surface area contributed by atoms with Crippen LogP contribution in [-0.2, 0) is 14.4 Å². The lowest BCUT2D eigenvalue weighted by Crippen LogP contribution is -2.47. The van der Waals surface area contributed by atoms with Gasteiger partial charge in [0.2, 0.25) is 17.7 Å². The van der Waals surface area contributed by atoms with Crippen molar-refractivity contribution in [2.45, 2.75) is 19.9 Å². The van der Waals surface area contributed by atoms with Crippen LogP contribution in [0.4, 0.5) is 10.1 Å². The molecule has 0 radical (unpaired) electrons. The van der Waals surface area contributed by atoms with Gasteiger partial charge >= 0.3 is 0 Å². The van der Waals surface area contributed by atoms with E-state index in [1.165, 1.54) is 18.2 Å². The molecule has 0 unspecified atom stereocenters. The summed E-state index contributed by atoms with van der Waals surface area (Å²) in [4.78, 5) is 34.7. The molecule has 1 aromatic carbocycles. The molecule has 0 aliphatic carbocycles. The molecule has 0 aromatic heterocycles. The molecule has 0 fully saturated rings. The maximum atomic E-state index is 13.0. The molecule has 1 rings (SSSR count). The molecule has 1 aromatic rings. The van der Waals surface area contributed by atoms with Gasteiger partial charge in [0.1, 0.15) is 5.82 Å². The average molecular weight is 361 g/mol. The van der Waals surface area contributed by atoms with Crippen LogP contribution in [0.15, 0.2) is 24.3 Å². The summed E-state index contributed by atoms with van der Waals surface area (Å²) in [5.41, 5.74) is 5.92. The van der Waals surface area contributed by atoms with Crippen LogP contribution in [0.1, 0.15) is 13.8 Å². The summed E-state index contributed by atoms with van der Waals surface area (Å²) in [7, 11) is 0. The zero-order valence-corrected chi connectivity index (χ0v) is 14.3. The Morgan fingerprint density at radius 1 is 1.12 bits per heavy atom. The fourth-order valence-electron chi connectivity index (χ4n) is 1.60. The second kappa shape index (κ2) is 10.6. The summed E-state index contributed by atoms with van der Waals surface area (Å²) in [5, 5.41) is 7.16. The molecule has 0 aliphatic heterocycles. The molecule has 0 spiro atoms. The Balaban J connectivity index is 0.00000529. The van der Waals surface area contributed by atoms with E-state index in [1.54, 1.807) is 13.8 Å². The second-order valence-electron chi connectivity index (χ2n) is 5.32. The zero-order chi connectivity index (χ0) is 17.4. The largest absolute Gasteiger partial charge is 0.346 e. The van der Waals surface area contributed by atoms with E-state index in [-0.39, 0.29) is 31.4 Å². The van der Waals surface area contributed by atoms with Gasteiger partial charge in [0.15, 0.2) is 0 Å². The van der Waals surface area contributed by atoms with Gasteiger partial charge in [-0.15, -0.1) is 12.4 Å². The van der Waals surface area contributed by atoms with Gasteiger partial charge in [-0.1, -0.05) is 19.9 Å². The molecule has 0 heterocycles. The smallest absolute Gasteiger partial charge is 0.243 e. The number of amides is 3. The van der Waals surface area contributed by atoms with E-state index < -0.39 is 29.6 Å². The molecule has 24 heavy (non-hydrogen) atoms. The van der Waals surface area contributed by atoms with Crippen LogP contribution in [0.5, 0.6) is 0 Å². The summed E-state index contributed by atoms with van der Waals surface area (Å²) in [6.07, 6.45) is 0. The number of hydrogen-bond acceptors (Lipinski definition) is 4. The van der Waals surface area contributed by atoms with Crippen LogP contribution in [0, 0.1) is 11.7 Å². The lowest BCUT2D eigenvalue weighted by molar-refractivity contribution is -0.127. The Labute approximate surface area is 146 Å². The van der Waals surface area contributed by atoms with E-state index in [0.717, 1.165) is 6.07 Å². The fraction of sp³-hybridized carbons (Fsp3) is 0.400.